The second kappa shape index (κ2) is 5.11. The van der Waals surface area contributed by atoms with Crippen molar-refractivity contribution >= 4 is 15.9 Å². The summed E-state index contributed by atoms with van der Waals surface area (Å²) in [6.07, 6.45) is 0.242. The van der Waals surface area contributed by atoms with Gasteiger partial charge in [-0.1, -0.05) is 11.3 Å². The van der Waals surface area contributed by atoms with E-state index in [1.54, 1.807) is 7.05 Å². The van der Waals surface area contributed by atoms with Crippen molar-refractivity contribution < 1.29 is 8.78 Å². The third-order valence-corrected chi connectivity index (χ3v) is 3.20. The van der Waals surface area contributed by atoms with Crippen molar-refractivity contribution in [3.8, 4) is 0 Å². The lowest BCUT2D eigenvalue weighted by molar-refractivity contribution is 0.552. The van der Waals surface area contributed by atoms with Gasteiger partial charge in [0.1, 0.15) is 11.6 Å². The van der Waals surface area contributed by atoms with Gasteiger partial charge in [-0.3, -0.25) is 0 Å². The minimum absolute atomic E-state index is 0.242. The standard InChI is InChI=1S/C11H11BrF2N4/c1-18-10(11(12)16-17-18)9(15)4-6-2-3-7(13)5-8(6)14/h2-3,5,9H,4,15H2,1H3. The second-order valence-electron chi connectivity index (χ2n) is 3.94. The van der Waals surface area contributed by atoms with Gasteiger partial charge in [0.05, 0.1) is 11.7 Å². The van der Waals surface area contributed by atoms with Crippen LogP contribution in [0.2, 0.25) is 0 Å². The summed E-state index contributed by atoms with van der Waals surface area (Å²) in [4.78, 5) is 0. The summed E-state index contributed by atoms with van der Waals surface area (Å²) in [5.74, 6) is -1.20. The highest BCUT2D eigenvalue weighted by molar-refractivity contribution is 9.10. The molecule has 0 radical (unpaired) electrons. The first kappa shape index (κ1) is 13.1. The van der Waals surface area contributed by atoms with Gasteiger partial charge in [-0.05, 0) is 34.0 Å². The second-order valence-corrected chi connectivity index (χ2v) is 4.69. The molecule has 4 nitrogen and oxygen atoms in total. The quantitative estimate of drug-likeness (QED) is 0.943. The van der Waals surface area contributed by atoms with E-state index >= 15 is 0 Å². The zero-order chi connectivity index (χ0) is 13.3. The molecule has 0 aliphatic rings. The van der Waals surface area contributed by atoms with Crippen molar-refractivity contribution in [1.82, 2.24) is 15.0 Å². The maximum atomic E-state index is 13.5. The molecule has 1 atom stereocenters. The summed E-state index contributed by atoms with van der Waals surface area (Å²) in [6.45, 7) is 0. The topological polar surface area (TPSA) is 56.7 Å². The third-order valence-electron chi connectivity index (χ3n) is 2.63. The molecule has 0 bridgehead atoms. The fraction of sp³-hybridized carbons (Fsp3) is 0.273. The van der Waals surface area contributed by atoms with Gasteiger partial charge >= 0.3 is 0 Å². The van der Waals surface area contributed by atoms with Gasteiger partial charge in [0.15, 0.2) is 4.60 Å². The average Bonchev–Trinajstić information content (AvgIpc) is 2.62. The van der Waals surface area contributed by atoms with Gasteiger partial charge in [-0.2, -0.15) is 0 Å². The van der Waals surface area contributed by atoms with E-state index in [2.05, 4.69) is 26.2 Å². The molecular formula is C11H11BrF2N4. The normalized spacial score (nSPS) is 12.7. The Balaban J connectivity index is 2.24. The molecular weight excluding hydrogens is 306 g/mol. The van der Waals surface area contributed by atoms with E-state index in [0.717, 1.165) is 6.07 Å². The fourth-order valence-corrected chi connectivity index (χ4v) is 2.37. The van der Waals surface area contributed by atoms with Crippen LogP contribution in [0.25, 0.3) is 0 Å². The number of aryl methyl sites for hydroxylation is 1. The van der Waals surface area contributed by atoms with Crippen molar-refractivity contribution in [2.45, 2.75) is 12.5 Å². The number of benzene rings is 1. The summed E-state index contributed by atoms with van der Waals surface area (Å²) in [5.41, 5.74) is 7.01. The lowest BCUT2D eigenvalue weighted by Gasteiger charge is -2.12. The lowest BCUT2D eigenvalue weighted by Crippen LogP contribution is -2.18. The van der Waals surface area contributed by atoms with E-state index < -0.39 is 17.7 Å². The van der Waals surface area contributed by atoms with Gasteiger partial charge in [0.2, 0.25) is 0 Å². The summed E-state index contributed by atoms with van der Waals surface area (Å²) >= 11 is 3.23. The highest BCUT2D eigenvalue weighted by Crippen LogP contribution is 2.23. The molecule has 0 aliphatic heterocycles. The van der Waals surface area contributed by atoms with E-state index in [0.29, 0.717) is 15.9 Å². The van der Waals surface area contributed by atoms with E-state index in [4.69, 9.17) is 5.73 Å². The smallest absolute Gasteiger partial charge is 0.153 e. The minimum Gasteiger partial charge on any atom is -0.322 e. The number of rotatable bonds is 3. The van der Waals surface area contributed by atoms with Crippen LogP contribution in [-0.2, 0) is 13.5 Å². The third kappa shape index (κ3) is 2.56. The molecule has 1 heterocycles. The van der Waals surface area contributed by atoms with Crippen molar-refractivity contribution in [2.24, 2.45) is 12.8 Å². The number of nitrogens with zero attached hydrogens (tertiary/aromatic N) is 3. The largest absolute Gasteiger partial charge is 0.322 e. The van der Waals surface area contributed by atoms with Crippen LogP contribution in [-0.4, -0.2) is 15.0 Å². The maximum Gasteiger partial charge on any atom is 0.153 e. The van der Waals surface area contributed by atoms with E-state index in [-0.39, 0.29) is 6.42 Å². The zero-order valence-electron chi connectivity index (χ0n) is 9.57. The lowest BCUT2D eigenvalue weighted by atomic mass is 10.0. The highest BCUT2D eigenvalue weighted by Gasteiger charge is 2.18. The van der Waals surface area contributed by atoms with Crippen LogP contribution in [0.15, 0.2) is 22.8 Å². The van der Waals surface area contributed by atoms with E-state index in [9.17, 15) is 8.78 Å². The van der Waals surface area contributed by atoms with Gasteiger partial charge in [0.25, 0.3) is 0 Å². The van der Waals surface area contributed by atoms with Crippen LogP contribution in [0.3, 0.4) is 0 Å². The number of hydrogen-bond acceptors (Lipinski definition) is 3. The molecule has 0 spiro atoms. The first-order valence-corrected chi connectivity index (χ1v) is 6.03. The Morgan fingerprint density at radius 3 is 2.72 bits per heavy atom. The molecule has 0 aliphatic carbocycles. The predicted molar refractivity (Wildman–Crippen MR) is 65.7 cm³/mol. The molecule has 0 saturated carbocycles. The average molecular weight is 317 g/mol. The Hall–Kier alpha value is -1.34. The molecule has 2 N–H and O–H groups in total. The molecule has 0 amide bonds. The molecule has 0 saturated heterocycles. The zero-order valence-corrected chi connectivity index (χ0v) is 11.2. The molecule has 1 unspecified atom stereocenters. The molecule has 1 aromatic heterocycles. The van der Waals surface area contributed by atoms with E-state index in [1.165, 1.54) is 16.8 Å². The molecule has 2 rings (SSSR count). The fourth-order valence-electron chi connectivity index (χ4n) is 1.75. The first-order chi connectivity index (χ1) is 8.49. The Morgan fingerprint density at radius 2 is 2.17 bits per heavy atom. The molecule has 7 heteroatoms. The number of hydrogen-bond donors (Lipinski definition) is 1. The minimum atomic E-state index is -0.604. The monoisotopic (exact) mass is 316 g/mol. The number of aromatic nitrogens is 3. The van der Waals surface area contributed by atoms with Gasteiger partial charge in [-0.15, -0.1) is 5.10 Å². The summed E-state index contributed by atoms with van der Waals surface area (Å²) in [6, 6.07) is 2.97. The Bertz CT molecular complexity index is 551. The van der Waals surface area contributed by atoms with Crippen LogP contribution >= 0.6 is 15.9 Å². The van der Waals surface area contributed by atoms with Crippen LogP contribution in [0.1, 0.15) is 17.3 Å². The van der Waals surface area contributed by atoms with Crippen LogP contribution < -0.4 is 5.73 Å². The van der Waals surface area contributed by atoms with Crippen molar-refractivity contribution in [1.29, 1.82) is 0 Å². The molecule has 96 valence electrons. The number of nitrogens with two attached hydrogens (primary N) is 1. The predicted octanol–water partition coefficient (Wildman–Crippen LogP) is 2.10. The molecule has 2 aromatic rings. The van der Waals surface area contributed by atoms with Gasteiger partial charge in [-0.25, -0.2) is 13.5 Å². The summed E-state index contributed by atoms with van der Waals surface area (Å²) in [7, 11) is 1.70. The van der Waals surface area contributed by atoms with Crippen molar-refractivity contribution in [3.63, 3.8) is 0 Å². The SMILES string of the molecule is Cn1nnc(Br)c1C(N)Cc1ccc(F)cc1F. The highest BCUT2D eigenvalue weighted by atomic mass is 79.9. The number of halogens is 3. The molecule has 0 fully saturated rings. The summed E-state index contributed by atoms with van der Waals surface area (Å²) in [5, 5.41) is 7.61. The maximum absolute atomic E-state index is 13.5. The van der Waals surface area contributed by atoms with Crippen molar-refractivity contribution in [3.05, 3.63) is 45.7 Å². The van der Waals surface area contributed by atoms with Crippen LogP contribution in [0.4, 0.5) is 8.78 Å². The van der Waals surface area contributed by atoms with Crippen molar-refractivity contribution in [2.75, 3.05) is 0 Å². The Morgan fingerprint density at radius 1 is 1.44 bits per heavy atom. The van der Waals surface area contributed by atoms with Gasteiger partial charge in [0, 0.05) is 13.1 Å². The van der Waals surface area contributed by atoms with Gasteiger partial charge < -0.3 is 5.73 Å². The summed E-state index contributed by atoms with van der Waals surface area (Å²) < 4.78 is 28.3. The molecule has 1 aromatic carbocycles. The Kier molecular flexibility index (Phi) is 3.72. The Labute approximate surface area is 111 Å². The van der Waals surface area contributed by atoms with Crippen LogP contribution in [0.5, 0.6) is 0 Å². The van der Waals surface area contributed by atoms with Crippen LogP contribution in [0, 0.1) is 11.6 Å². The first-order valence-electron chi connectivity index (χ1n) is 5.23. The molecule has 18 heavy (non-hydrogen) atoms. The van der Waals surface area contributed by atoms with E-state index in [1.807, 2.05) is 0 Å².